The molecule has 0 bridgehead atoms. The average Bonchev–Trinajstić information content (AvgIpc) is 3.39. The smallest absolute Gasteiger partial charge is 0.253 e. The molecular weight excluding hydrogens is 339 g/mol. The molecule has 27 heavy (non-hydrogen) atoms. The van der Waals surface area contributed by atoms with E-state index in [0.717, 1.165) is 56.6 Å². The number of rotatable bonds is 3. The molecule has 0 aromatic heterocycles. The zero-order valence-corrected chi connectivity index (χ0v) is 15.3. The lowest BCUT2D eigenvalue weighted by atomic mass is 10.0. The second-order valence-electron chi connectivity index (χ2n) is 7.28. The minimum Gasteiger partial charge on any atom is -0.364 e. The molecule has 2 aromatic rings. The first kappa shape index (κ1) is 17.6. The molecular formula is C23H23FN2O. The summed E-state index contributed by atoms with van der Waals surface area (Å²) in [6, 6.07) is 12.8. The Morgan fingerprint density at radius 1 is 1.04 bits per heavy atom. The van der Waals surface area contributed by atoms with Gasteiger partial charge in [-0.05, 0) is 62.1 Å². The summed E-state index contributed by atoms with van der Waals surface area (Å²) >= 11 is 0. The molecule has 2 aromatic carbocycles. The summed E-state index contributed by atoms with van der Waals surface area (Å²) in [5, 5.41) is 0. The molecule has 0 aliphatic carbocycles. The van der Waals surface area contributed by atoms with Crippen LogP contribution in [0.5, 0.6) is 0 Å². The van der Waals surface area contributed by atoms with Gasteiger partial charge >= 0.3 is 0 Å². The molecule has 0 radical (unpaired) electrons. The van der Waals surface area contributed by atoms with Gasteiger partial charge in [0.2, 0.25) is 0 Å². The Hall–Kier alpha value is -2.80. The van der Waals surface area contributed by atoms with Crippen LogP contribution in [0.3, 0.4) is 0 Å². The minimum atomic E-state index is -0.294. The fraction of sp³-hybridized carbons (Fsp3) is 0.348. The number of likely N-dealkylation sites (tertiary alicyclic amines) is 1. The largest absolute Gasteiger partial charge is 0.364 e. The number of halogens is 1. The van der Waals surface area contributed by atoms with E-state index in [0.29, 0.717) is 11.1 Å². The number of carbonyl (C=O) groups excluding carboxylic acids is 1. The van der Waals surface area contributed by atoms with Crippen molar-refractivity contribution in [2.45, 2.75) is 31.7 Å². The van der Waals surface area contributed by atoms with Crippen molar-refractivity contribution in [1.82, 2.24) is 4.90 Å². The van der Waals surface area contributed by atoms with Crippen LogP contribution in [0.1, 0.15) is 53.2 Å². The molecule has 0 N–H and O–H groups in total. The van der Waals surface area contributed by atoms with Crippen LogP contribution in [-0.2, 0) is 0 Å². The second-order valence-corrected chi connectivity index (χ2v) is 7.28. The molecule has 2 fully saturated rings. The van der Waals surface area contributed by atoms with E-state index in [1.807, 2.05) is 29.2 Å². The molecule has 138 valence electrons. The van der Waals surface area contributed by atoms with Crippen LogP contribution in [0, 0.1) is 18.2 Å². The Kier molecular flexibility index (Phi) is 4.85. The van der Waals surface area contributed by atoms with Crippen molar-refractivity contribution in [2.24, 2.45) is 0 Å². The highest BCUT2D eigenvalue weighted by molar-refractivity contribution is 5.94. The molecule has 1 atom stereocenters. The van der Waals surface area contributed by atoms with Crippen molar-refractivity contribution < 1.29 is 9.18 Å². The zero-order valence-electron chi connectivity index (χ0n) is 15.3. The number of nitrogens with zero attached hydrogens (tertiary/aromatic N) is 2. The summed E-state index contributed by atoms with van der Waals surface area (Å²) in [5.41, 5.74) is 2.99. The third-order valence-electron chi connectivity index (χ3n) is 5.62. The second kappa shape index (κ2) is 7.44. The van der Waals surface area contributed by atoms with Gasteiger partial charge in [-0.1, -0.05) is 12.0 Å². The van der Waals surface area contributed by atoms with Crippen molar-refractivity contribution in [3.05, 3.63) is 65.0 Å². The maximum Gasteiger partial charge on any atom is 0.253 e. The topological polar surface area (TPSA) is 23.6 Å². The van der Waals surface area contributed by atoms with Crippen LogP contribution in [0.2, 0.25) is 0 Å². The number of hydrogen-bond acceptors (Lipinski definition) is 2. The van der Waals surface area contributed by atoms with Gasteiger partial charge < -0.3 is 9.80 Å². The van der Waals surface area contributed by atoms with Crippen LogP contribution in [-0.4, -0.2) is 30.4 Å². The van der Waals surface area contributed by atoms with Gasteiger partial charge in [0.1, 0.15) is 5.82 Å². The van der Waals surface area contributed by atoms with Gasteiger partial charge in [0.05, 0.1) is 6.04 Å². The Morgan fingerprint density at radius 3 is 2.44 bits per heavy atom. The minimum absolute atomic E-state index is 0.0161. The van der Waals surface area contributed by atoms with Crippen molar-refractivity contribution in [2.75, 3.05) is 24.5 Å². The van der Waals surface area contributed by atoms with Crippen LogP contribution in [0.25, 0.3) is 0 Å². The van der Waals surface area contributed by atoms with Crippen molar-refractivity contribution in [3.63, 3.8) is 0 Å². The van der Waals surface area contributed by atoms with Gasteiger partial charge in [0.25, 0.3) is 5.91 Å². The van der Waals surface area contributed by atoms with Crippen molar-refractivity contribution in [3.8, 4) is 12.3 Å². The zero-order chi connectivity index (χ0) is 18.8. The van der Waals surface area contributed by atoms with Gasteiger partial charge in [-0.3, -0.25) is 4.79 Å². The van der Waals surface area contributed by atoms with Gasteiger partial charge in [-0.2, -0.15) is 0 Å². The highest BCUT2D eigenvalue weighted by Crippen LogP contribution is 2.37. The number of carbonyl (C=O) groups is 1. The summed E-state index contributed by atoms with van der Waals surface area (Å²) in [4.78, 5) is 16.5. The molecule has 2 aliphatic heterocycles. The number of amides is 1. The van der Waals surface area contributed by atoms with E-state index in [4.69, 9.17) is 6.42 Å². The lowest BCUT2D eigenvalue weighted by molar-refractivity contribution is 0.0792. The van der Waals surface area contributed by atoms with E-state index in [9.17, 15) is 9.18 Å². The number of hydrogen-bond donors (Lipinski definition) is 0. The standard InChI is InChI=1S/C23H23FN2O/c1-2-17-7-10-19(11-8-17)26-15-5-6-22(26)20-12-9-18(16-21(20)24)23(27)25-13-3-4-14-25/h1,7-12,16,22H,3-6,13-15H2/t22-/m1/s1. The van der Waals surface area contributed by atoms with E-state index in [-0.39, 0.29) is 17.8 Å². The summed E-state index contributed by atoms with van der Waals surface area (Å²) in [5.74, 6) is 2.26. The molecule has 0 spiro atoms. The number of anilines is 1. The first-order valence-electron chi connectivity index (χ1n) is 9.59. The molecule has 4 heteroatoms. The lowest BCUT2D eigenvalue weighted by Crippen LogP contribution is -2.28. The molecule has 0 saturated carbocycles. The molecule has 3 nitrogen and oxygen atoms in total. The Balaban J connectivity index is 1.58. The van der Waals surface area contributed by atoms with E-state index in [1.165, 1.54) is 6.07 Å². The average molecular weight is 362 g/mol. The SMILES string of the molecule is C#Cc1ccc(N2CCC[C@@H]2c2ccc(C(=O)N3CCCC3)cc2F)cc1. The van der Waals surface area contributed by atoms with Crippen LogP contribution >= 0.6 is 0 Å². The van der Waals surface area contributed by atoms with E-state index in [2.05, 4.69) is 10.8 Å². The lowest BCUT2D eigenvalue weighted by Gasteiger charge is -2.28. The van der Waals surface area contributed by atoms with Crippen molar-refractivity contribution >= 4 is 11.6 Å². The quantitative estimate of drug-likeness (QED) is 0.757. The van der Waals surface area contributed by atoms with Gasteiger partial charge in [-0.15, -0.1) is 6.42 Å². The van der Waals surface area contributed by atoms with Crippen LogP contribution < -0.4 is 4.90 Å². The molecule has 2 heterocycles. The molecule has 1 amide bonds. The summed E-state index contributed by atoms with van der Waals surface area (Å²) < 4.78 is 14.9. The van der Waals surface area contributed by atoms with Crippen LogP contribution in [0.4, 0.5) is 10.1 Å². The Bertz CT molecular complexity index is 878. The normalized spacial score (nSPS) is 19.3. The first-order chi connectivity index (χ1) is 13.2. The van der Waals surface area contributed by atoms with E-state index < -0.39 is 0 Å². The maximum absolute atomic E-state index is 14.9. The van der Waals surface area contributed by atoms with Gasteiger partial charge in [0.15, 0.2) is 0 Å². The third kappa shape index (κ3) is 3.42. The fourth-order valence-electron chi connectivity index (χ4n) is 4.18. The predicted octanol–water partition coefficient (Wildman–Crippen LogP) is 4.38. The first-order valence-corrected chi connectivity index (χ1v) is 9.59. The molecule has 0 unspecified atom stereocenters. The maximum atomic E-state index is 14.9. The summed E-state index contributed by atoms with van der Waals surface area (Å²) in [6.07, 6.45) is 9.40. The van der Waals surface area contributed by atoms with Crippen molar-refractivity contribution in [1.29, 1.82) is 0 Å². The van der Waals surface area contributed by atoms with E-state index in [1.54, 1.807) is 12.1 Å². The summed E-state index contributed by atoms with van der Waals surface area (Å²) in [7, 11) is 0. The number of benzene rings is 2. The summed E-state index contributed by atoms with van der Waals surface area (Å²) in [6.45, 7) is 2.42. The highest BCUT2D eigenvalue weighted by Gasteiger charge is 2.29. The Labute approximate surface area is 159 Å². The monoisotopic (exact) mass is 362 g/mol. The number of terminal acetylenes is 1. The third-order valence-corrected chi connectivity index (χ3v) is 5.62. The Morgan fingerprint density at radius 2 is 1.78 bits per heavy atom. The van der Waals surface area contributed by atoms with Crippen LogP contribution in [0.15, 0.2) is 42.5 Å². The van der Waals surface area contributed by atoms with Gasteiger partial charge in [0, 0.05) is 42.0 Å². The highest BCUT2D eigenvalue weighted by atomic mass is 19.1. The predicted molar refractivity (Wildman–Crippen MR) is 105 cm³/mol. The molecule has 2 aliphatic rings. The van der Waals surface area contributed by atoms with Gasteiger partial charge in [-0.25, -0.2) is 4.39 Å². The van der Waals surface area contributed by atoms with E-state index >= 15 is 0 Å². The molecule has 2 saturated heterocycles. The molecule has 4 rings (SSSR count). The fourth-order valence-corrected chi connectivity index (χ4v) is 4.18.